The second-order valence-electron chi connectivity index (χ2n) is 16.0. The molecule has 0 saturated carbocycles. The lowest BCUT2D eigenvalue weighted by molar-refractivity contribution is 0.476. The van der Waals surface area contributed by atoms with Crippen LogP contribution >= 0.6 is 0 Å². The molecule has 0 saturated heterocycles. The van der Waals surface area contributed by atoms with Crippen molar-refractivity contribution in [2.45, 2.75) is 0 Å². The molecule has 0 spiro atoms. The number of fused-ring (bicyclic) bond motifs is 8. The monoisotopic (exact) mass is 821 g/mol. The first kappa shape index (κ1) is 35.9. The quantitative estimate of drug-likeness (QED) is 0.166. The van der Waals surface area contributed by atoms with Gasteiger partial charge in [-0.2, -0.15) is 9.97 Å². The van der Waals surface area contributed by atoms with Crippen molar-refractivity contribution in [2.24, 2.45) is 0 Å². The van der Waals surface area contributed by atoms with Crippen LogP contribution in [-0.4, -0.2) is 19.5 Å². The minimum absolute atomic E-state index is 0.504. The Hall–Kier alpha value is -8.81. The van der Waals surface area contributed by atoms with Gasteiger partial charge in [-0.1, -0.05) is 158 Å². The molecule has 13 rings (SSSR count). The highest BCUT2D eigenvalue weighted by Crippen LogP contribution is 2.51. The number of para-hydroxylation sites is 5. The number of nitrogens with zero attached hydrogens (tertiary/aromatic N) is 5. The predicted octanol–water partition coefficient (Wildman–Crippen LogP) is 15.1. The largest absolute Gasteiger partial charge is 0.454 e. The summed E-state index contributed by atoms with van der Waals surface area (Å²) < 4.78 is 15.6. The van der Waals surface area contributed by atoms with Gasteiger partial charge in [-0.3, -0.25) is 4.90 Å². The van der Waals surface area contributed by atoms with Crippen LogP contribution in [0, 0.1) is 0 Å². The minimum atomic E-state index is 0.504. The Bertz CT molecular complexity index is 3720. The summed E-state index contributed by atoms with van der Waals surface area (Å²) in [5, 5.41) is 4.60. The van der Waals surface area contributed by atoms with Gasteiger partial charge in [0.05, 0.1) is 28.1 Å². The highest BCUT2D eigenvalue weighted by atomic mass is 16.5. The standard InChI is InChI=1S/C57H35N5O2/c1-3-15-36(16-4-1)55-58-56(37-17-5-2-6-18-37)60-57(59-55)62-47-25-10-12-28-52(47)63-53-35-41(30-32-48(53)62)39-20-13-19-38(33-39)40-29-31-43-42-21-7-9-24-46(42)61(50(43)34-40)49-26-14-23-45-44-22-8-11-27-51(44)64-54(45)49/h1-35H. The average Bonchev–Trinajstić information content (AvgIpc) is 3.91. The first-order chi connectivity index (χ1) is 31.7. The van der Waals surface area contributed by atoms with Crippen molar-refractivity contribution in [1.82, 2.24) is 19.5 Å². The van der Waals surface area contributed by atoms with E-state index in [1.54, 1.807) is 0 Å². The van der Waals surface area contributed by atoms with E-state index in [1.807, 2.05) is 97.1 Å². The Morgan fingerprint density at radius 3 is 1.70 bits per heavy atom. The lowest BCUT2D eigenvalue weighted by Crippen LogP contribution is -2.19. The number of rotatable bonds is 6. The molecule has 9 aromatic carbocycles. The van der Waals surface area contributed by atoms with Gasteiger partial charge in [0.1, 0.15) is 5.58 Å². The van der Waals surface area contributed by atoms with E-state index in [9.17, 15) is 0 Å². The predicted molar refractivity (Wildman–Crippen MR) is 258 cm³/mol. The molecule has 300 valence electrons. The maximum Gasteiger partial charge on any atom is 0.239 e. The Kier molecular flexibility index (Phi) is 8.08. The Morgan fingerprint density at radius 1 is 0.344 bits per heavy atom. The Balaban J connectivity index is 0.921. The molecule has 1 aliphatic rings. The smallest absolute Gasteiger partial charge is 0.239 e. The molecule has 1 aliphatic heterocycles. The zero-order valence-corrected chi connectivity index (χ0v) is 34.3. The van der Waals surface area contributed by atoms with Crippen LogP contribution in [0.25, 0.3) is 94.5 Å². The molecule has 3 aromatic heterocycles. The van der Waals surface area contributed by atoms with Crippen LogP contribution in [0.3, 0.4) is 0 Å². The SMILES string of the molecule is c1ccc(-c2nc(-c3ccccc3)nc(N3c4ccccc4Oc4cc(-c5cccc(-c6ccc7c8ccccc8n(-c8cccc9c8oc8ccccc89)c7c6)c5)ccc43)n2)cc1. The van der Waals surface area contributed by atoms with Gasteiger partial charge >= 0.3 is 0 Å². The van der Waals surface area contributed by atoms with Gasteiger partial charge in [0.15, 0.2) is 28.7 Å². The second kappa shape index (κ2) is 14.4. The van der Waals surface area contributed by atoms with E-state index in [2.05, 4.69) is 125 Å². The van der Waals surface area contributed by atoms with Crippen molar-refractivity contribution in [3.8, 4) is 62.2 Å². The zero-order valence-electron chi connectivity index (χ0n) is 34.3. The summed E-state index contributed by atoms with van der Waals surface area (Å²) in [6.45, 7) is 0. The Morgan fingerprint density at radius 2 is 0.906 bits per heavy atom. The number of ether oxygens (including phenoxy) is 1. The Labute approximate surface area is 367 Å². The van der Waals surface area contributed by atoms with Gasteiger partial charge in [0.25, 0.3) is 0 Å². The molecule has 0 amide bonds. The molecule has 7 heteroatoms. The molecule has 0 radical (unpaired) electrons. The van der Waals surface area contributed by atoms with E-state index < -0.39 is 0 Å². The van der Waals surface area contributed by atoms with Crippen LogP contribution in [0.4, 0.5) is 17.3 Å². The highest BCUT2D eigenvalue weighted by molar-refractivity contribution is 6.13. The van der Waals surface area contributed by atoms with Gasteiger partial charge in [-0.25, -0.2) is 4.98 Å². The van der Waals surface area contributed by atoms with Crippen molar-refractivity contribution in [2.75, 3.05) is 4.90 Å². The third-order valence-electron chi connectivity index (χ3n) is 12.2. The van der Waals surface area contributed by atoms with Crippen LogP contribution in [0.5, 0.6) is 11.5 Å². The minimum Gasteiger partial charge on any atom is -0.454 e. The number of anilines is 3. The summed E-state index contributed by atoms with van der Waals surface area (Å²) in [7, 11) is 0. The first-order valence-electron chi connectivity index (χ1n) is 21.3. The topological polar surface area (TPSA) is 69.2 Å². The molecule has 7 nitrogen and oxygen atoms in total. The molecule has 0 N–H and O–H groups in total. The number of hydrogen-bond acceptors (Lipinski definition) is 6. The fourth-order valence-corrected chi connectivity index (χ4v) is 9.25. The van der Waals surface area contributed by atoms with E-state index in [-0.39, 0.29) is 0 Å². The summed E-state index contributed by atoms with van der Waals surface area (Å²) in [6.07, 6.45) is 0. The van der Waals surface area contributed by atoms with Crippen LogP contribution in [0.1, 0.15) is 0 Å². The molecule has 0 fully saturated rings. The van der Waals surface area contributed by atoms with Crippen LogP contribution < -0.4 is 9.64 Å². The molecular weight excluding hydrogens is 787 g/mol. The summed E-state index contributed by atoms with van der Waals surface area (Å²) in [5.74, 6) is 3.10. The number of aromatic nitrogens is 4. The van der Waals surface area contributed by atoms with Gasteiger partial charge in [0.2, 0.25) is 5.95 Å². The second-order valence-corrected chi connectivity index (χ2v) is 16.0. The molecule has 12 aromatic rings. The van der Waals surface area contributed by atoms with E-state index in [1.165, 1.54) is 10.8 Å². The van der Waals surface area contributed by atoms with Crippen molar-refractivity contribution < 1.29 is 9.15 Å². The van der Waals surface area contributed by atoms with Gasteiger partial charge in [0, 0.05) is 32.7 Å². The summed E-state index contributed by atoms with van der Waals surface area (Å²) >= 11 is 0. The summed E-state index contributed by atoms with van der Waals surface area (Å²) in [5.41, 5.74) is 12.8. The lowest BCUT2D eigenvalue weighted by atomic mass is 9.97. The third kappa shape index (κ3) is 5.79. The summed E-state index contributed by atoms with van der Waals surface area (Å²) in [4.78, 5) is 17.2. The molecule has 4 heterocycles. The van der Waals surface area contributed by atoms with Gasteiger partial charge in [-0.15, -0.1) is 0 Å². The van der Waals surface area contributed by atoms with E-state index >= 15 is 0 Å². The molecule has 0 atom stereocenters. The molecule has 64 heavy (non-hydrogen) atoms. The zero-order chi connectivity index (χ0) is 42.1. The maximum atomic E-state index is 6.69. The van der Waals surface area contributed by atoms with Gasteiger partial charge < -0.3 is 13.7 Å². The molecular formula is C57H35N5O2. The average molecular weight is 822 g/mol. The number of furan rings is 1. The summed E-state index contributed by atoms with van der Waals surface area (Å²) in [6, 6.07) is 73.3. The van der Waals surface area contributed by atoms with Crippen molar-refractivity contribution in [3.05, 3.63) is 212 Å². The maximum absolute atomic E-state index is 6.69. The molecule has 0 bridgehead atoms. The lowest BCUT2D eigenvalue weighted by Gasteiger charge is -2.31. The molecule has 0 aliphatic carbocycles. The number of hydrogen-bond donors (Lipinski definition) is 0. The van der Waals surface area contributed by atoms with Gasteiger partial charge in [-0.05, 0) is 76.9 Å². The van der Waals surface area contributed by atoms with Crippen molar-refractivity contribution >= 4 is 61.1 Å². The van der Waals surface area contributed by atoms with Crippen LogP contribution in [-0.2, 0) is 0 Å². The highest BCUT2D eigenvalue weighted by Gasteiger charge is 2.29. The molecule has 0 unspecified atom stereocenters. The van der Waals surface area contributed by atoms with Crippen molar-refractivity contribution in [1.29, 1.82) is 0 Å². The third-order valence-corrected chi connectivity index (χ3v) is 12.2. The van der Waals surface area contributed by atoms with Crippen molar-refractivity contribution in [3.63, 3.8) is 0 Å². The van der Waals surface area contributed by atoms with E-state index in [0.717, 1.165) is 83.4 Å². The van der Waals surface area contributed by atoms with E-state index in [0.29, 0.717) is 29.1 Å². The first-order valence-corrected chi connectivity index (χ1v) is 21.3. The number of benzene rings is 9. The normalized spacial score (nSPS) is 12.2. The fourth-order valence-electron chi connectivity index (χ4n) is 9.25. The van der Waals surface area contributed by atoms with E-state index in [4.69, 9.17) is 24.1 Å². The van der Waals surface area contributed by atoms with Crippen LogP contribution in [0.2, 0.25) is 0 Å². The van der Waals surface area contributed by atoms with Crippen LogP contribution in [0.15, 0.2) is 217 Å². The fraction of sp³-hybridized carbons (Fsp3) is 0.